The third-order valence-electron chi connectivity index (χ3n) is 4.19. The number of carbonyl (C=O) groups is 1. The van der Waals surface area contributed by atoms with Gasteiger partial charge in [-0.15, -0.1) is 0 Å². The Morgan fingerprint density at radius 1 is 1.33 bits per heavy atom. The highest BCUT2D eigenvalue weighted by atomic mass is 79.9. The second-order valence-electron chi connectivity index (χ2n) is 6.03. The van der Waals surface area contributed by atoms with Crippen LogP contribution < -0.4 is 0 Å². The van der Waals surface area contributed by atoms with Crippen LogP contribution in [0.15, 0.2) is 16.6 Å². The summed E-state index contributed by atoms with van der Waals surface area (Å²) >= 11 is 3.50. The fourth-order valence-electron chi connectivity index (χ4n) is 3.29. The van der Waals surface area contributed by atoms with Gasteiger partial charge in [0.05, 0.1) is 24.9 Å². The molecule has 0 amide bonds. The van der Waals surface area contributed by atoms with Gasteiger partial charge >= 0.3 is 5.97 Å². The number of hydrogen-bond acceptors (Lipinski definition) is 3. The fourth-order valence-corrected chi connectivity index (χ4v) is 3.80. The summed E-state index contributed by atoms with van der Waals surface area (Å²) in [5, 5.41) is 0. The topological polar surface area (TPSA) is 35.5 Å². The van der Waals surface area contributed by atoms with E-state index in [1.54, 1.807) is 0 Å². The highest BCUT2D eigenvalue weighted by Crippen LogP contribution is 2.30. The van der Waals surface area contributed by atoms with E-state index in [0.29, 0.717) is 23.7 Å². The first-order valence-corrected chi connectivity index (χ1v) is 8.22. The van der Waals surface area contributed by atoms with Gasteiger partial charge in [0, 0.05) is 4.47 Å². The third-order valence-corrected chi connectivity index (χ3v) is 4.65. The molecule has 2 unspecified atom stereocenters. The van der Waals surface area contributed by atoms with Crippen LogP contribution >= 0.6 is 15.9 Å². The van der Waals surface area contributed by atoms with E-state index in [2.05, 4.69) is 35.8 Å². The smallest absolute Gasteiger partial charge is 0.338 e. The first kappa shape index (κ1) is 16.5. The molecule has 0 aliphatic carbocycles. The average molecular weight is 355 g/mol. The maximum Gasteiger partial charge on any atom is 0.338 e. The van der Waals surface area contributed by atoms with E-state index in [-0.39, 0.29) is 5.97 Å². The summed E-state index contributed by atoms with van der Waals surface area (Å²) < 4.78 is 11.6. The zero-order chi connectivity index (χ0) is 15.6. The minimum Gasteiger partial charge on any atom is -0.465 e. The monoisotopic (exact) mass is 354 g/mol. The molecule has 0 aromatic heterocycles. The zero-order valence-corrected chi connectivity index (χ0v) is 14.7. The summed E-state index contributed by atoms with van der Waals surface area (Å²) in [6, 6.07) is 3.95. The Bertz CT molecular complexity index is 517. The summed E-state index contributed by atoms with van der Waals surface area (Å²) in [5.74, 6) is 0.325. The lowest BCUT2D eigenvalue weighted by atomic mass is 9.85. The molecule has 0 saturated carbocycles. The molecule has 21 heavy (non-hydrogen) atoms. The van der Waals surface area contributed by atoms with Crippen LogP contribution in [0.5, 0.6) is 0 Å². The van der Waals surface area contributed by atoms with Crippen molar-refractivity contribution in [3.05, 3.63) is 33.3 Å². The summed E-state index contributed by atoms with van der Waals surface area (Å²) in [4.78, 5) is 11.9. The zero-order valence-electron chi connectivity index (χ0n) is 13.1. The van der Waals surface area contributed by atoms with Gasteiger partial charge in [0.2, 0.25) is 0 Å². The molecule has 1 aromatic rings. The van der Waals surface area contributed by atoms with Crippen molar-refractivity contribution >= 4 is 21.9 Å². The molecule has 2 atom stereocenters. The second kappa shape index (κ2) is 6.93. The van der Waals surface area contributed by atoms with Crippen molar-refractivity contribution in [2.24, 2.45) is 5.92 Å². The molecular weight excluding hydrogens is 332 g/mol. The number of esters is 1. The van der Waals surface area contributed by atoms with E-state index in [1.807, 2.05) is 13.0 Å². The van der Waals surface area contributed by atoms with Gasteiger partial charge in [0.25, 0.3) is 0 Å². The minimum atomic E-state index is -0.274. The lowest BCUT2D eigenvalue weighted by Crippen LogP contribution is -2.30. The summed E-state index contributed by atoms with van der Waals surface area (Å²) in [5.41, 5.74) is 2.89. The lowest BCUT2D eigenvalue weighted by Gasteiger charge is -2.32. The molecule has 0 spiro atoms. The number of halogens is 1. The molecule has 1 saturated heterocycles. The number of carbonyl (C=O) groups excluding carboxylic acids is 1. The number of hydrogen-bond donors (Lipinski definition) is 0. The fraction of sp³-hybridized carbons (Fsp3) is 0.588. The normalized spacial score (nSPS) is 25.7. The summed E-state index contributed by atoms with van der Waals surface area (Å²) in [6.07, 6.45) is 3.75. The highest BCUT2D eigenvalue weighted by molar-refractivity contribution is 9.10. The molecule has 4 heteroatoms. The van der Waals surface area contributed by atoms with Crippen LogP contribution in [0.1, 0.15) is 48.2 Å². The molecule has 1 aliphatic rings. The molecule has 0 radical (unpaired) electrons. The highest BCUT2D eigenvalue weighted by Gasteiger charge is 2.25. The molecule has 1 fully saturated rings. The first-order chi connectivity index (χ1) is 9.90. The van der Waals surface area contributed by atoms with Crippen LogP contribution in [0, 0.1) is 12.8 Å². The average Bonchev–Trinajstić information content (AvgIpc) is 2.40. The van der Waals surface area contributed by atoms with Crippen molar-refractivity contribution in [1.82, 2.24) is 0 Å². The Balaban J connectivity index is 2.23. The largest absolute Gasteiger partial charge is 0.465 e. The molecule has 3 nitrogen and oxygen atoms in total. The SMILES string of the molecule is COC(=O)c1cc(Br)cc(CC2CC(C)OC(C)C2)c1C. The van der Waals surface area contributed by atoms with Crippen LogP contribution in [0.4, 0.5) is 0 Å². The van der Waals surface area contributed by atoms with Crippen molar-refractivity contribution in [2.45, 2.75) is 52.2 Å². The molecule has 1 aromatic carbocycles. The molecule has 0 N–H and O–H groups in total. The summed E-state index contributed by atoms with van der Waals surface area (Å²) in [6.45, 7) is 6.27. The van der Waals surface area contributed by atoms with Crippen molar-refractivity contribution < 1.29 is 14.3 Å². The Morgan fingerprint density at radius 2 is 1.95 bits per heavy atom. The first-order valence-electron chi connectivity index (χ1n) is 7.43. The van der Waals surface area contributed by atoms with E-state index in [9.17, 15) is 4.79 Å². The van der Waals surface area contributed by atoms with E-state index in [1.165, 1.54) is 12.7 Å². The van der Waals surface area contributed by atoms with Crippen LogP contribution in [0.3, 0.4) is 0 Å². The van der Waals surface area contributed by atoms with Crippen molar-refractivity contribution in [3.63, 3.8) is 0 Å². The Labute approximate surface area is 135 Å². The number of rotatable bonds is 3. The molecule has 0 bridgehead atoms. The van der Waals surface area contributed by atoms with Crippen LogP contribution in [0.25, 0.3) is 0 Å². The van der Waals surface area contributed by atoms with Gasteiger partial charge < -0.3 is 9.47 Å². The molecular formula is C17H23BrO3. The van der Waals surface area contributed by atoms with Crippen molar-refractivity contribution in [2.75, 3.05) is 7.11 Å². The molecule has 1 heterocycles. The number of methoxy groups -OCH3 is 1. The standard InChI is InChI=1S/C17H23BrO3/c1-10-5-13(6-11(2)21-10)7-14-8-15(18)9-16(12(14)3)17(19)20-4/h8-11,13H,5-7H2,1-4H3. The van der Waals surface area contributed by atoms with Crippen molar-refractivity contribution in [3.8, 4) is 0 Å². The van der Waals surface area contributed by atoms with Gasteiger partial charge in [-0.3, -0.25) is 0 Å². The summed E-state index contributed by atoms with van der Waals surface area (Å²) in [7, 11) is 1.42. The van der Waals surface area contributed by atoms with Gasteiger partial charge in [0.15, 0.2) is 0 Å². The van der Waals surface area contributed by atoms with Crippen LogP contribution in [-0.4, -0.2) is 25.3 Å². The van der Waals surface area contributed by atoms with E-state index in [4.69, 9.17) is 9.47 Å². The molecule has 116 valence electrons. The van der Waals surface area contributed by atoms with E-state index in [0.717, 1.165) is 29.3 Å². The second-order valence-corrected chi connectivity index (χ2v) is 6.94. The Kier molecular flexibility index (Phi) is 5.44. The van der Waals surface area contributed by atoms with Gasteiger partial charge in [0.1, 0.15) is 0 Å². The number of benzene rings is 1. The van der Waals surface area contributed by atoms with E-state index < -0.39 is 0 Å². The van der Waals surface area contributed by atoms with Crippen molar-refractivity contribution in [1.29, 1.82) is 0 Å². The van der Waals surface area contributed by atoms with Crippen LogP contribution in [0.2, 0.25) is 0 Å². The van der Waals surface area contributed by atoms with Gasteiger partial charge in [-0.2, -0.15) is 0 Å². The van der Waals surface area contributed by atoms with E-state index >= 15 is 0 Å². The van der Waals surface area contributed by atoms with Gasteiger partial charge in [-0.05, 0) is 69.2 Å². The predicted octanol–water partition coefficient (Wildman–Crippen LogP) is 4.29. The molecule has 2 rings (SSSR count). The Morgan fingerprint density at radius 3 is 2.52 bits per heavy atom. The minimum absolute atomic E-state index is 0.274. The Hall–Kier alpha value is -0.870. The quantitative estimate of drug-likeness (QED) is 0.759. The third kappa shape index (κ3) is 4.07. The van der Waals surface area contributed by atoms with Gasteiger partial charge in [-0.1, -0.05) is 15.9 Å². The maximum absolute atomic E-state index is 11.9. The predicted molar refractivity (Wildman–Crippen MR) is 86.7 cm³/mol. The maximum atomic E-state index is 11.9. The molecule has 1 aliphatic heterocycles. The van der Waals surface area contributed by atoms with Crippen LogP contribution in [-0.2, 0) is 15.9 Å². The van der Waals surface area contributed by atoms with Gasteiger partial charge in [-0.25, -0.2) is 4.79 Å². The lowest BCUT2D eigenvalue weighted by molar-refractivity contribution is -0.0518. The number of ether oxygens (including phenoxy) is 2.